The first-order chi connectivity index (χ1) is 15.2. The SMILES string of the molecule is CCOc1cc(/C=N/NCc2ccccc2OC)ccc1OCc1ccc(C#N)cc1. The second kappa shape index (κ2) is 11.3. The first-order valence-electron chi connectivity index (χ1n) is 10.00. The molecule has 0 unspecified atom stereocenters. The fourth-order valence-corrected chi connectivity index (χ4v) is 2.93. The molecule has 1 N–H and O–H groups in total. The van der Waals surface area contributed by atoms with Crippen molar-refractivity contribution < 1.29 is 14.2 Å². The van der Waals surface area contributed by atoms with E-state index >= 15 is 0 Å². The van der Waals surface area contributed by atoms with Crippen molar-refractivity contribution in [2.45, 2.75) is 20.1 Å². The second-order valence-corrected chi connectivity index (χ2v) is 6.64. The van der Waals surface area contributed by atoms with Gasteiger partial charge in [0.1, 0.15) is 12.4 Å². The Morgan fingerprint density at radius 1 is 0.968 bits per heavy atom. The molecule has 0 atom stereocenters. The predicted molar refractivity (Wildman–Crippen MR) is 121 cm³/mol. The maximum atomic E-state index is 8.90. The monoisotopic (exact) mass is 415 g/mol. The molecule has 0 radical (unpaired) electrons. The molecular formula is C25H25N3O3. The Morgan fingerprint density at radius 3 is 2.52 bits per heavy atom. The van der Waals surface area contributed by atoms with Gasteiger partial charge in [0.25, 0.3) is 0 Å². The van der Waals surface area contributed by atoms with Crippen LogP contribution in [0.2, 0.25) is 0 Å². The average Bonchev–Trinajstić information content (AvgIpc) is 2.82. The van der Waals surface area contributed by atoms with Gasteiger partial charge >= 0.3 is 0 Å². The molecule has 0 aliphatic heterocycles. The highest BCUT2D eigenvalue weighted by atomic mass is 16.5. The zero-order chi connectivity index (χ0) is 21.9. The highest BCUT2D eigenvalue weighted by Gasteiger charge is 2.07. The van der Waals surface area contributed by atoms with Crippen molar-refractivity contribution >= 4 is 6.21 Å². The van der Waals surface area contributed by atoms with E-state index in [2.05, 4.69) is 16.6 Å². The summed E-state index contributed by atoms with van der Waals surface area (Å²) in [6.07, 6.45) is 1.74. The zero-order valence-corrected chi connectivity index (χ0v) is 17.7. The average molecular weight is 415 g/mol. The number of hydrogen-bond donors (Lipinski definition) is 1. The molecule has 6 heteroatoms. The van der Waals surface area contributed by atoms with Crippen LogP contribution in [0.1, 0.15) is 29.2 Å². The van der Waals surface area contributed by atoms with E-state index in [1.165, 1.54) is 0 Å². The number of para-hydroxylation sites is 1. The quantitative estimate of drug-likeness (QED) is 0.385. The summed E-state index contributed by atoms with van der Waals surface area (Å²) in [7, 11) is 1.66. The van der Waals surface area contributed by atoms with Gasteiger partial charge in [-0.2, -0.15) is 10.4 Å². The Hall–Kier alpha value is -3.98. The molecular weight excluding hydrogens is 390 g/mol. The van der Waals surface area contributed by atoms with E-state index < -0.39 is 0 Å². The summed E-state index contributed by atoms with van der Waals surface area (Å²) < 4.78 is 17.0. The number of hydrazone groups is 1. The number of methoxy groups -OCH3 is 1. The van der Waals surface area contributed by atoms with Crippen LogP contribution in [0.5, 0.6) is 17.2 Å². The normalized spacial score (nSPS) is 10.5. The highest BCUT2D eigenvalue weighted by Crippen LogP contribution is 2.29. The number of nitrogens with one attached hydrogen (secondary N) is 1. The van der Waals surface area contributed by atoms with Crippen molar-refractivity contribution in [3.05, 3.63) is 89.0 Å². The van der Waals surface area contributed by atoms with Crippen LogP contribution in [0, 0.1) is 11.3 Å². The maximum absolute atomic E-state index is 8.90. The summed E-state index contributed by atoms with van der Waals surface area (Å²) in [6, 6.07) is 22.9. The number of nitriles is 1. The van der Waals surface area contributed by atoms with Crippen LogP contribution in [0.4, 0.5) is 0 Å². The highest BCUT2D eigenvalue weighted by molar-refractivity contribution is 5.80. The van der Waals surface area contributed by atoms with Crippen LogP contribution in [0.15, 0.2) is 71.8 Å². The fraction of sp³-hybridized carbons (Fsp3) is 0.200. The van der Waals surface area contributed by atoms with Gasteiger partial charge in [0.05, 0.1) is 38.1 Å². The third-order valence-corrected chi connectivity index (χ3v) is 4.51. The summed E-state index contributed by atoms with van der Waals surface area (Å²) in [5.41, 5.74) is 6.57. The Morgan fingerprint density at radius 2 is 1.77 bits per heavy atom. The predicted octanol–water partition coefficient (Wildman–Crippen LogP) is 4.67. The first-order valence-corrected chi connectivity index (χ1v) is 10.00. The summed E-state index contributed by atoms with van der Waals surface area (Å²) in [6.45, 7) is 3.41. The van der Waals surface area contributed by atoms with Crippen molar-refractivity contribution in [1.82, 2.24) is 5.43 Å². The number of benzene rings is 3. The van der Waals surface area contributed by atoms with Gasteiger partial charge in [-0.05, 0) is 54.4 Å². The van der Waals surface area contributed by atoms with Crippen molar-refractivity contribution in [3.8, 4) is 23.3 Å². The molecule has 0 aromatic heterocycles. The standard InChI is InChI=1S/C25H25N3O3/c1-3-30-25-14-21(16-27-28-17-22-6-4-5-7-23(22)29-2)12-13-24(25)31-18-20-10-8-19(15-26)9-11-20/h4-14,16,28H,3,17-18H2,1-2H3/b27-16+. The Balaban J connectivity index is 1.62. The molecule has 0 saturated carbocycles. The van der Waals surface area contributed by atoms with E-state index in [1.54, 1.807) is 25.5 Å². The lowest BCUT2D eigenvalue weighted by Gasteiger charge is -2.13. The lowest BCUT2D eigenvalue weighted by molar-refractivity contribution is 0.269. The molecule has 0 aliphatic rings. The van der Waals surface area contributed by atoms with Crippen LogP contribution < -0.4 is 19.6 Å². The van der Waals surface area contributed by atoms with E-state index in [0.717, 1.165) is 22.4 Å². The first kappa shape index (κ1) is 21.7. The van der Waals surface area contributed by atoms with Gasteiger partial charge in [-0.1, -0.05) is 30.3 Å². The lowest BCUT2D eigenvalue weighted by atomic mass is 10.1. The molecule has 3 aromatic rings. The van der Waals surface area contributed by atoms with Crippen molar-refractivity contribution in [2.75, 3.05) is 13.7 Å². The third-order valence-electron chi connectivity index (χ3n) is 4.51. The number of rotatable bonds is 10. The molecule has 0 spiro atoms. The molecule has 158 valence electrons. The summed E-state index contributed by atoms with van der Waals surface area (Å²) in [4.78, 5) is 0. The van der Waals surface area contributed by atoms with Crippen molar-refractivity contribution in [1.29, 1.82) is 5.26 Å². The molecule has 0 heterocycles. The van der Waals surface area contributed by atoms with Gasteiger partial charge < -0.3 is 19.6 Å². The lowest BCUT2D eigenvalue weighted by Crippen LogP contribution is -2.07. The Kier molecular flexibility index (Phi) is 7.90. The largest absolute Gasteiger partial charge is 0.496 e. The van der Waals surface area contributed by atoms with Gasteiger partial charge in [-0.3, -0.25) is 0 Å². The van der Waals surface area contributed by atoms with Gasteiger partial charge in [-0.15, -0.1) is 0 Å². The number of hydrogen-bond acceptors (Lipinski definition) is 6. The van der Waals surface area contributed by atoms with Gasteiger partial charge in [0, 0.05) is 5.56 Å². The zero-order valence-electron chi connectivity index (χ0n) is 17.7. The van der Waals surface area contributed by atoms with Gasteiger partial charge in [0.15, 0.2) is 11.5 Å². The molecule has 3 rings (SSSR count). The smallest absolute Gasteiger partial charge is 0.161 e. The van der Waals surface area contributed by atoms with E-state index in [-0.39, 0.29) is 0 Å². The van der Waals surface area contributed by atoms with Gasteiger partial charge in [0.2, 0.25) is 0 Å². The minimum absolute atomic E-state index is 0.389. The molecule has 31 heavy (non-hydrogen) atoms. The van der Waals surface area contributed by atoms with Crippen LogP contribution in [-0.4, -0.2) is 19.9 Å². The molecule has 0 saturated heterocycles. The van der Waals surface area contributed by atoms with E-state index in [9.17, 15) is 0 Å². The minimum atomic E-state index is 0.389. The van der Waals surface area contributed by atoms with Crippen molar-refractivity contribution in [2.24, 2.45) is 5.10 Å². The molecule has 0 fully saturated rings. The summed E-state index contributed by atoms with van der Waals surface area (Å²) >= 11 is 0. The number of ether oxygens (including phenoxy) is 3. The minimum Gasteiger partial charge on any atom is -0.496 e. The van der Waals surface area contributed by atoms with Crippen LogP contribution in [0.25, 0.3) is 0 Å². The Bertz CT molecular complexity index is 1060. The van der Waals surface area contributed by atoms with Crippen molar-refractivity contribution in [3.63, 3.8) is 0 Å². The molecule has 0 aliphatic carbocycles. The topological polar surface area (TPSA) is 75.9 Å². The fourth-order valence-electron chi connectivity index (χ4n) is 2.93. The van der Waals surface area contributed by atoms with Crippen LogP contribution in [0.3, 0.4) is 0 Å². The Labute approximate surface area is 182 Å². The van der Waals surface area contributed by atoms with E-state index in [0.29, 0.717) is 36.8 Å². The maximum Gasteiger partial charge on any atom is 0.161 e. The molecule has 6 nitrogen and oxygen atoms in total. The molecule has 0 bridgehead atoms. The third kappa shape index (κ3) is 6.25. The summed E-state index contributed by atoms with van der Waals surface area (Å²) in [5.74, 6) is 2.14. The number of nitrogens with zero attached hydrogens (tertiary/aromatic N) is 2. The van der Waals surface area contributed by atoms with Crippen LogP contribution >= 0.6 is 0 Å². The van der Waals surface area contributed by atoms with E-state index in [1.807, 2.05) is 61.5 Å². The summed E-state index contributed by atoms with van der Waals surface area (Å²) in [5, 5.41) is 13.2. The molecule has 3 aromatic carbocycles. The van der Waals surface area contributed by atoms with E-state index in [4.69, 9.17) is 19.5 Å². The molecule has 0 amide bonds. The van der Waals surface area contributed by atoms with Gasteiger partial charge in [-0.25, -0.2) is 0 Å². The van der Waals surface area contributed by atoms with Crippen LogP contribution in [-0.2, 0) is 13.2 Å². The second-order valence-electron chi connectivity index (χ2n) is 6.64.